The lowest BCUT2D eigenvalue weighted by molar-refractivity contribution is -0.145. The van der Waals surface area contributed by atoms with Crippen molar-refractivity contribution in [3.8, 4) is 0 Å². The first-order valence-electron chi connectivity index (χ1n) is 15.8. The van der Waals surface area contributed by atoms with Crippen LogP contribution in [0.1, 0.15) is 81.0 Å². The number of nitrogen functional groups attached to an aromatic ring is 1. The topological polar surface area (TPSA) is 121 Å². The number of piperidine rings is 2. The third-order valence-electron chi connectivity index (χ3n) is 10.1. The van der Waals surface area contributed by atoms with Crippen molar-refractivity contribution in [2.24, 2.45) is 11.3 Å². The highest BCUT2D eigenvalue weighted by atomic mass is 19.1. The van der Waals surface area contributed by atoms with Crippen LogP contribution in [0.5, 0.6) is 0 Å². The van der Waals surface area contributed by atoms with Crippen molar-refractivity contribution in [2.75, 3.05) is 45.0 Å². The van der Waals surface area contributed by atoms with Gasteiger partial charge in [-0.25, -0.2) is 18.3 Å². The molecule has 3 aliphatic heterocycles. The van der Waals surface area contributed by atoms with Crippen molar-refractivity contribution in [3.63, 3.8) is 0 Å². The number of halogens is 2. The van der Waals surface area contributed by atoms with Gasteiger partial charge in [-0.15, -0.1) is 5.10 Å². The Bertz CT molecular complexity index is 1260. The summed E-state index contributed by atoms with van der Waals surface area (Å²) in [5, 5.41) is 11.1. The fraction of sp³-hybridized carbons (Fsp3) is 0.733. The van der Waals surface area contributed by atoms with Gasteiger partial charge in [-0.2, -0.15) is 0 Å². The molecule has 2 aromatic rings. The van der Waals surface area contributed by atoms with Crippen molar-refractivity contribution >= 4 is 23.3 Å². The van der Waals surface area contributed by atoms with Crippen LogP contribution in [0.3, 0.4) is 0 Å². The minimum atomic E-state index is -0.892. The van der Waals surface area contributed by atoms with E-state index in [-0.39, 0.29) is 65.3 Å². The van der Waals surface area contributed by atoms with E-state index in [2.05, 4.69) is 25.6 Å². The molecule has 0 bridgehead atoms. The number of likely N-dealkylation sites (tertiary alicyclic amines) is 2. The summed E-state index contributed by atoms with van der Waals surface area (Å²) in [6, 6.07) is -0.107. The van der Waals surface area contributed by atoms with E-state index in [1.165, 1.54) is 36.6 Å². The number of amides is 2. The summed E-state index contributed by atoms with van der Waals surface area (Å²) in [5.41, 5.74) is 6.51. The molecule has 10 nitrogen and oxygen atoms in total. The lowest BCUT2D eigenvalue weighted by atomic mass is 9.66. The second-order valence-electron chi connectivity index (χ2n) is 12.9. The number of carbonyl (C=O) groups excluding carboxylic acids is 2. The molecule has 3 saturated heterocycles. The zero-order valence-electron chi connectivity index (χ0n) is 24.4. The van der Waals surface area contributed by atoms with E-state index in [4.69, 9.17) is 5.73 Å². The average Bonchev–Trinajstić information content (AvgIpc) is 3.29. The number of anilines is 1. The van der Waals surface area contributed by atoms with E-state index >= 15 is 0 Å². The summed E-state index contributed by atoms with van der Waals surface area (Å²) in [6.07, 6.45) is 13.6. The third-order valence-corrected chi connectivity index (χ3v) is 10.1. The smallest absolute Gasteiger partial charge is 0.259 e. The number of nitrogens with two attached hydrogens (primary N) is 1. The third kappa shape index (κ3) is 5.84. The Morgan fingerprint density at radius 3 is 2.38 bits per heavy atom. The number of hydrogen-bond acceptors (Lipinski definition) is 7. The quantitative estimate of drug-likeness (QED) is 0.504. The zero-order chi connectivity index (χ0) is 29.3. The molecule has 2 unspecified atom stereocenters. The Kier molecular flexibility index (Phi) is 8.63. The Hall–Kier alpha value is -2.86. The molecule has 230 valence electrons. The maximum atomic E-state index is 13.8. The van der Waals surface area contributed by atoms with E-state index in [0.717, 1.165) is 70.6 Å². The highest BCUT2D eigenvalue weighted by Gasteiger charge is 2.49. The van der Waals surface area contributed by atoms with E-state index in [9.17, 15) is 18.4 Å². The predicted molar refractivity (Wildman–Crippen MR) is 155 cm³/mol. The van der Waals surface area contributed by atoms with E-state index in [1.54, 1.807) is 4.90 Å². The molecule has 0 aromatic carbocycles. The maximum absolute atomic E-state index is 13.8. The molecule has 5 heterocycles. The summed E-state index contributed by atoms with van der Waals surface area (Å²) in [7, 11) is 0. The van der Waals surface area contributed by atoms with Gasteiger partial charge in [0.15, 0.2) is 17.3 Å². The van der Waals surface area contributed by atoms with E-state index < -0.39 is 12.0 Å². The standard InChI is InChI=1S/C30H44F2N8O2/c31-21-14-35-27-24(26(33)37-40(27)18-21)28(41)36-23-15-34-19-30(10-6-4-2-1-3-5-7-11-30)25(23)38-12-8-20(9-13-38)29(42)39-16-22(32)17-39/h14,18,20,22-23,25,34H,1-13,15-17,19H2,(H2,33,37)(H,36,41). The first-order valence-corrected chi connectivity index (χ1v) is 15.8. The highest BCUT2D eigenvalue weighted by molar-refractivity contribution is 6.04. The minimum Gasteiger partial charge on any atom is -0.381 e. The molecule has 1 saturated carbocycles. The Morgan fingerprint density at radius 1 is 1.05 bits per heavy atom. The molecule has 2 amide bonds. The van der Waals surface area contributed by atoms with Crippen molar-refractivity contribution in [2.45, 2.75) is 88.9 Å². The lowest BCUT2D eigenvalue weighted by Gasteiger charge is -2.55. The second kappa shape index (κ2) is 12.4. The van der Waals surface area contributed by atoms with Crippen LogP contribution in [0.2, 0.25) is 0 Å². The largest absolute Gasteiger partial charge is 0.381 e. The van der Waals surface area contributed by atoms with Gasteiger partial charge >= 0.3 is 0 Å². The molecule has 42 heavy (non-hydrogen) atoms. The fourth-order valence-corrected chi connectivity index (χ4v) is 8.00. The molecule has 12 heteroatoms. The van der Waals surface area contributed by atoms with Crippen molar-refractivity contribution in [1.29, 1.82) is 0 Å². The van der Waals surface area contributed by atoms with Crippen LogP contribution >= 0.6 is 0 Å². The molecule has 1 aliphatic carbocycles. The number of hydrogen-bond donors (Lipinski definition) is 3. The van der Waals surface area contributed by atoms with E-state index in [0.29, 0.717) is 6.54 Å². The number of aromatic nitrogens is 3. The Balaban J connectivity index is 1.25. The highest BCUT2D eigenvalue weighted by Crippen LogP contribution is 2.43. The normalized spacial score (nSPS) is 26.7. The monoisotopic (exact) mass is 586 g/mol. The molecule has 4 aliphatic rings. The van der Waals surface area contributed by atoms with Gasteiger partial charge in [0.25, 0.3) is 5.91 Å². The summed E-state index contributed by atoms with van der Waals surface area (Å²) in [4.78, 5) is 35.1. The second-order valence-corrected chi connectivity index (χ2v) is 12.9. The van der Waals surface area contributed by atoms with Crippen LogP contribution in [0.15, 0.2) is 12.4 Å². The van der Waals surface area contributed by atoms with Crippen molar-refractivity contribution < 1.29 is 18.4 Å². The van der Waals surface area contributed by atoms with Crippen LogP contribution in [0, 0.1) is 17.2 Å². The van der Waals surface area contributed by atoms with Gasteiger partial charge in [0.1, 0.15) is 11.7 Å². The van der Waals surface area contributed by atoms with Gasteiger partial charge in [0, 0.05) is 30.5 Å². The molecule has 6 rings (SSSR count). The zero-order valence-corrected chi connectivity index (χ0v) is 24.4. The molecule has 0 radical (unpaired) electrons. The first kappa shape index (κ1) is 29.2. The molecule has 4 N–H and O–H groups in total. The van der Waals surface area contributed by atoms with E-state index in [1.807, 2.05) is 0 Å². The molecular formula is C30H44F2N8O2. The van der Waals surface area contributed by atoms with Crippen LogP contribution in [-0.2, 0) is 4.79 Å². The van der Waals surface area contributed by atoms with Gasteiger partial charge in [0.05, 0.1) is 31.5 Å². The number of fused-ring (bicyclic) bond motifs is 1. The number of alkyl halides is 1. The lowest BCUT2D eigenvalue weighted by Crippen LogP contribution is -2.69. The van der Waals surface area contributed by atoms with Gasteiger partial charge in [-0.05, 0) is 38.8 Å². The number of carbonyl (C=O) groups is 2. The van der Waals surface area contributed by atoms with Crippen molar-refractivity contribution in [3.05, 3.63) is 23.8 Å². The minimum absolute atomic E-state index is 0.0140. The van der Waals surface area contributed by atoms with Gasteiger partial charge < -0.3 is 21.3 Å². The molecule has 2 aromatic heterocycles. The SMILES string of the molecule is Nc1nn2cc(F)cnc2c1C(=O)NC1CNCC2(CCCCCCCCC2)C1N1CCC(C(=O)N2CC(F)C2)CC1. The number of nitrogens with one attached hydrogen (secondary N) is 2. The van der Waals surface area contributed by atoms with Gasteiger partial charge in [-0.1, -0.05) is 44.9 Å². The predicted octanol–water partition coefficient (Wildman–Crippen LogP) is 2.92. The molecule has 2 atom stereocenters. The number of rotatable bonds is 4. The first-order chi connectivity index (χ1) is 20.3. The Labute approximate surface area is 245 Å². The summed E-state index contributed by atoms with van der Waals surface area (Å²) in [5.74, 6) is -0.903. The van der Waals surface area contributed by atoms with Gasteiger partial charge in [0.2, 0.25) is 5.91 Å². The maximum Gasteiger partial charge on any atom is 0.259 e. The van der Waals surface area contributed by atoms with Crippen LogP contribution < -0.4 is 16.4 Å². The van der Waals surface area contributed by atoms with Crippen LogP contribution in [0.25, 0.3) is 5.65 Å². The van der Waals surface area contributed by atoms with Gasteiger partial charge in [-0.3, -0.25) is 14.5 Å². The fourth-order valence-electron chi connectivity index (χ4n) is 8.00. The van der Waals surface area contributed by atoms with Crippen LogP contribution in [0.4, 0.5) is 14.6 Å². The molecule has 1 spiro atoms. The molecular weight excluding hydrogens is 542 g/mol. The summed E-state index contributed by atoms with van der Waals surface area (Å²) in [6.45, 7) is 3.49. The molecule has 4 fully saturated rings. The number of nitrogens with zero attached hydrogens (tertiary/aromatic N) is 5. The summed E-state index contributed by atoms with van der Waals surface area (Å²) < 4.78 is 28.4. The summed E-state index contributed by atoms with van der Waals surface area (Å²) >= 11 is 0. The van der Waals surface area contributed by atoms with Crippen molar-refractivity contribution in [1.82, 2.24) is 35.0 Å². The Morgan fingerprint density at radius 2 is 1.71 bits per heavy atom. The van der Waals surface area contributed by atoms with Crippen LogP contribution in [-0.4, -0.2) is 93.7 Å². The average molecular weight is 587 g/mol.